The van der Waals surface area contributed by atoms with Gasteiger partial charge in [-0.15, -0.1) is 0 Å². The van der Waals surface area contributed by atoms with Gasteiger partial charge in [0.15, 0.2) is 11.5 Å². The molecule has 1 heterocycles. The van der Waals surface area contributed by atoms with E-state index in [0.29, 0.717) is 28.5 Å². The van der Waals surface area contributed by atoms with Crippen LogP contribution in [0.4, 0.5) is 0 Å². The molecular formula is C30H33ClN2O3. The standard InChI is InChI=1S/C30H33ClN2O3/c1-29-14-12-19(34)16-18(29)8-9-20-21-10-11-23(30(21,2)15-13-22(20)29)27-17-25(28(35)36-3)32-33(27)26-7-5-4-6-24(26)31/h4-7,12,14,16-17,20-23H,8-11,13,15H2,1-3H3/t20-,21-,22-,23+,29-,30-/m0/s1. The summed E-state index contributed by atoms with van der Waals surface area (Å²) in [5.41, 5.74) is 3.60. The van der Waals surface area contributed by atoms with E-state index in [0.717, 1.165) is 43.5 Å². The number of allylic oxidation sites excluding steroid dienone is 4. The van der Waals surface area contributed by atoms with Crippen LogP contribution >= 0.6 is 11.6 Å². The van der Waals surface area contributed by atoms with Gasteiger partial charge in [-0.05, 0) is 92.0 Å². The Balaban J connectivity index is 1.39. The fourth-order valence-corrected chi connectivity index (χ4v) is 8.56. The number of carbonyl (C=O) groups excluding carboxylic acids is 2. The molecule has 0 bridgehead atoms. The number of benzene rings is 1. The van der Waals surface area contributed by atoms with Crippen LogP contribution < -0.4 is 0 Å². The fraction of sp³-hybridized carbons (Fsp3) is 0.500. The van der Waals surface area contributed by atoms with Crippen LogP contribution in [-0.2, 0) is 9.53 Å². The van der Waals surface area contributed by atoms with Crippen LogP contribution in [-0.4, -0.2) is 28.6 Å². The number of hydrogen-bond acceptors (Lipinski definition) is 4. The van der Waals surface area contributed by atoms with Crippen molar-refractivity contribution in [1.82, 2.24) is 9.78 Å². The number of methoxy groups -OCH3 is 1. The quantitative estimate of drug-likeness (QED) is 0.436. The molecule has 36 heavy (non-hydrogen) atoms. The van der Waals surface area contributed by atoms with Gasteiger partial charge < -0.3 is 4.74 Å². The van der Waals surface area contributed by atoms with E-state index in [1.807, 2.05) is 41.1 Å². The average Bonchev–Trinajstić information content (AvgIpc) is 3.45. The maximum absolute atomic E-state index is 12.5. The molecule has 1 aromatic carbocycles. The highest BCUT2D eigenvalue weighted by Crippen LogP contribution is 2.67. The molecule has 3 saturated carbocycles. The van der Waals surface area contributed by atoms with Crippen molar-refractivity contribution in [2.45, 2.75) is 58.3 Å². The zero-order chi connectivity index (χ0) is 25.2. The number of aromatic nitrogens is 2. The summed E-state index contributed by atoms with van der Waals surface area (Å²) in [6, 6.07) is 9.60. The Bertz CT molecular complexity index is 1310. The first-order valence-electron chi connectivity index (χ1n) is 13.1. The van der Waals surface area contributed by atoms with E-state index in [1.165, 1.54) is 19.1 Å². The Morgan fingerprint density at radius 1 is 1.14 bits per heavy atom. The molecule has 4 aliphatic carbocycles. The molecule has 0 amide bonds. The van der Waals surface area contributed by atoms with Crippen molar-refractivity contribution in [2.75, 3.05) is 7.11 Å². The largest absolute Gasteiger partial charge is 0.464 e. The molecule has 0 aliphatic heterocycles. The molecule has 2 aromatic rings. The number of carbonyl (C=O) groups is 2. The smallest absolute Gasteiger partial charge is 0.358 e. The van der Waals surface area contributed by atoms with E-state index in [1.54, 1.807) is 6.08 Å². The topological polar surface area (TPSA) is 61.2 Å². The zero-order valence-corrected chi connectivity index (χ0v) is 21.9. The minimum Gasteiger partial charge on any atom is -0.464 e. The predicted octanol–water partition coefficient (Wildman–Crippen LogP) is 6.70. The third-order valence-electron chi connectivity index (χ3n) is 10.1. The van der Waals surface area contributed by atoms with Crippen molar-refractivity contribution < 1.29 is 14.3 Å². The first kappa shape index (κ1) is 23.7. The number of ketones is 1. The lowest BCUT2D eigenvalue weighted by Crippen LogP contribution is -2.49. The Morgan fingerprint density at radius 2 is 1.94 bits per heavy atom. The average molecular weight is 505 g/mol. The molecule has 4 aliphatic rings. The number of fused-ring (bicyclic) bond motifs is 5. The highest BCUT2D eigenvalue weighted by molar-refractivity contribution is 6.32. The monoisotopic (exact) mass is 504 g/mol. The van der Waals surface area contributed by atoms with Crippen molar-refractivity contribution in [2.24, 2.45) is 28.6 Å². The van der Waals surface area contributed by atoms with Gasteiger partial charge in [0.25, 0.3) is 0 Å². The molecule has 5 nitrogen and oxygen atoms in total. The zero-order valence-electron chi connectivity index (χ0n) is 21.2. The summed E-state index contributed by atoms with van der Waals surface area (Å²) in [6.45, 7) is 4.81. The molecule has 0 saturated heterocycles. The Kier molecular flexibility index (Phi) is 5.56. The number of nitrogens with zero attached hydrogens (tertiary/aromatic N) is 2. The SMILES string of the molecule is COC(=O)c1cc([C@H]2CC[C@H]3[C@@H]4CCC5=CC(=O)C=C[C@]5(C)[C@H]4CC[C@]23C)n(-c2ccccc2Cl)n1. The van der Waals surface area contributed by atoms with E-state index in [9.17, 15) is 9.59 Å². The van der Waals surface area contributed by atoms with E-state index in [2.05, 4.69) is 25.0 Å². The van der Waals surface area contributed by atoms with E-state index < -0.39 is 5.97 Å². The Morgan fingerprint density at radius 3 is 2.72 bits per heavy atom. The number of halogens is 1. The molecule has 0 N–H and O–H groups in total. The Labute approximate surface area is 217 Å². The van der Waals surface area contributed by atoms with Crippen LogP contribution in [0.1, 0.15) is 74.5 Å². The molecule has 0 radical (unpaired) electrons. The Hall–Kier alpha value is -2.66. The van der Waals surface area contributed by atoms with Gasteiger partial charge in [0, 0.05) is 17.0 Å². The summed E-state index contributed by atoms with van der Waals surface area (Å²) in [7, 11) is 1.39. The molecule has 6 rings (SSSR count). The van der Waals surface area contributed by atoms with Gasteiger partial charge in [-0.25, -0.2) is 9.48 Å². The summed E-state index contributed by atoms with van der Waals surface area (Å²) in [4.78, 5) is 24.6. The first-order valence-corrected chi connectivity index (χ1v) is 13.5. The van der Waals surface area contributed by atoms with Crippen LogP contribution in [0, 0.1) is 28.6 Å². The van der Waals surface area contributed by atoms with Crippen LogP contribution in [0.3, 0.4) is 0 Å². The van der Waals surface area contributed by atoms with Crippen molar-refractivity contribution >= 4 is 23.4 Å². The molecule has 188 valence electrons. The number of ether oxygens (including phenoxy) is 1. The third kappa shape index (κ3) is 3.38. The lowest BCUT2D eigenvalue weighted by Gasteiger charge is -2.57. The number of esters is 1. The van der Waals surface area contributed by atoms with Gasteiger partial charge in [-0.3, -0.25) is 4.79 Å². The molecule has 3 fully saturated rings. The second kappa shape index (κ2) is 8.44. The van der Waals surface area contributed by atoms with Gasteiger partial charge in [0.05, 0.1) is 17.8 Å². The highest BCUT2D eigenvalue weighted by atomic mass is 35.5. The van der Waals surface area contributed by atoms with Crippen LogP contribution in [0.25, 0.3) is 5.69 Å². The van der Waals surface area contributed by atoms with Crippen molar-refractivity contribution in [3.63, 3.8) is 0 Å². The minimum absolute atomic E-state index is 0.00632. The molecule has 0 unspecified atom stereocenters. The first-order chi connectivity index (χ1) is 17.3. The van der Waals surface area contributed by atoms with Crippen molar-refractivity contribution in [3.05, 3.63) is 70.5 Å². The second-order valence-electron chi connectivity index (χ2n) is 11.6. The van der Waals surface area contributed by atoms with Crippen molar-refractivity contribution in [3.8, 4) is 5.69 Å². The molecular weight excluding hydrogens is 472 g/mol. The summed E-state index contributed by atoms with van der Waals surface area (Å²) >= 11 is 6.60. The van der Waals surface area contributed by atoms with Crippen LogP contribution in [0.15, 0.2) is 54.1 Å². The maximum atomic E-state index is 12.5. The molecule has 6 atom stereocenters. The normalized spacial score (nSPS) is 35.0. The maximum Gasteiger partial charge on any atom is 0.358 e. The third-order valence-corrected chi connectivity index (χ3v) is 10.4. The number of para-hydroxylation sites is 1. The van der Waals surface area contributed by atoms with E-state index in [-0.39, 0.29) is 22.5 Å². The summed E-state index contributed by atoms with van der Waals surface area (Å²) in [5.74, 6) is 1.78. The number of hydrogen-bond donors (Lipinski definition) is 0. The van der Waals surface area contributed by atoms with Gasteiger partial charge in [-0.2, -0.15) is 5.10 Å². The predicted molar refractivity (Wildman–Crippen MR) is 139 cm³/mol. The van der Waals surface area contributed by atoms with Crippen LogP contribution in [0.2, 0.25) is 5.02 Å². The molecule has 0 spiro atoms. The van der Waals surface area contributed by atoms with E-state index in [4.69, 9.17) is 16.3 Å². The van der Waals surface area contributed by atoms with Crippen molar-refractivity contribution in [1.29, 1.82) is 0 Å². The molecule has 6 heteroatoms. The highest BCUT2D eigenvalue weighted by Gasteiger charge is 2.59. The summed E-state index contributed by atoms with van der Waals surface area (Å²) < 4.78 is 6.91. The van der Waals surface area contributed by atoms with E-state index >= 15 is 0 Å². The van der Waals surface area contributed by atoms with Gasteiger partial charge in [0.2, 0.25) is 0 Å². The molecule has 1 aromatic heterocycles. The fourth-order valence-electron chi connectivity index (χ4n) is 8.35. The van der Waals surface area contributed by atoms with Crippen LogP contribution in [0.5, 0.6) is 0 Å². The van der Waals surface area contributed by atoms with Gasteiger partial charge >= 0.3 is 5.97 Å². The summed E-state index contributed by atoms with van der Waals surface area (Å²) in [6.07, 6.45) is 12.5. The lowest BCUT2D eigenvalue weighted by molar-refractivity contribution is -0.111. The number of rotatable bonds is 3. The van der Waals surface area contributed by atoms with Gasteiger partial charge in [-0.1, -0.05) is 49.2 Å². The minimum atomic E-state index is -0.427. The lowest BCUT2D eigenvalue weighted by atomic mass is 9.47. The van der Waals surface area contributed by atoms with Gasteiger partial charge in [0.1, 0.15) is 0 Å². The second-order valence-corrected chi connectivity index (χ2v) is 12.0. The summed E-state index contributed by atoms with van der Waals surface area (Å²) in [5, 5.41) is 5.30.